The zero-order chi connectivity index (χ0) is 33.3. The molecule has 0 radical (unpaired) electrons. The SMILES string of the molecule is CNC(=O)c1nc(-c2cnn(CCCO)c2)ccc1Nc1nc(Nc2ccc(CCCC[PH](=O)O)cc2OC)ncc1C(F)(F)F. The van der Waals surface area contributed by atoms with Crippen molar-refractivity contribution < 1.29 is 37.3 Å². The minimum Gasteiger partial charge on any atom is -0.495 e. The zero-order valence-corrected chi connectivity index (χ0v) is 26.1. The van der Waals surface area contributed by atoms with Crippen molar-refractivity contribution in [1.82, 2.24) is 30.0 Å². The maximum Gasteiger partial charge on any atom is 0.421 e. The van der Waals surface area contributed by atoms with Gasteiger partial charge >= 0.3 is 6.18 Å². The van der Waals surface area contributed by atoms with Crippen molar-refractivity contribution in [3.8, 4) is 17.0 Å². The van der Waals surface area contributed by atoms with E-state index in [-0.39, 0.29) is 30.1 Å². The monoisotopic (exact) mass is 662 g/mol. The number of aryl methyl sites for hydroxylation is 2. The van der Waals surface area contributed by atoms with Crippen LogP contribution in [0.2, 0.25) is 0 Å². The van der Waals surface area contributed by atoms with Crippen LogP contribution in [0.25, 0.3) is 11.3 Å². The number of aliphatic hydroxyl groups excluding tert-OH is 1. The number of carbonyl (C=O) groups is 1. The van der Waals surface area contributed by atoms with Crippen molar-refractivity contribution in [1.29, 1.82) is 0 Å². The van der Waals surface area contributed by atoms with Gasteiger partial charge in [-0.1, -0.05) is 6.07 Å². The molecule has 0 aliphatic rings. The fourth-order valence-corrected chi connectivity index (χ4v) is 5.01. The first-order valence-electron chi connectivity index (χ1n) is 14.3. The van der Waals surface area contributed by atoms with E-state index in [2.05, 4.69) is 36.0 Å². The Morgan fingerprint density at radius 1 is 1.07 bits per heavy atom. The molecule has 3 aromatic heterocycles. The molecule has 0 bridgehead atoms. The normalized spacial score (nSPS) is 12.1. The molecule has 4 aromatic rings. The molecule has 13 nitrogen and oxygen atoms in total. The molecule has 3 heterocycles. The van der Waals surface area contributed by atoms with Crippen LogP contribution in [0.1, 0.15) is 40.9 Å². The fourth-order valence-electron chi connectivity index (χ4n) is 4.46. The number of unbranched alkanes of at least 4 members (excludes halogenated alkanes) is 1. The van der Waals surface area contributed by atoms with Gasteiger partial charge in [-0.05, 0) is 55.5 Å². The van der Waals surface area contributed by atoms with Crippen molar-refractivity contribution in [3.63, 3.8) is 0 Å². The zero-order valence-electron chi connectivity index (χ0n) is 25.1. The van der Waals surface area contributed by atoms with Crippen LogP contribution in [-0.4, -0.2) is 67.6 Å². The van der Waals surface area contributed by atoms with Crippen LogP contribution < -0.4 is 20.7 Å². The summed E-state index contributed by atoms with van der Waals surface area (Å²) >= 11 is 0. The van der Waals surface area contributed by atoms with E-state index in [0.717, 1.165) is 5.56 Å². The molecule has 4 rings (SSSR count). The molecule has 0 aliphatic heterocycles. The number of halogens is 3. The van der Waals surface area contributed by atoms with Crippen LogP contribution in [0.4, 0.5) is 36.3 Å². The van der Waals surface area contributed by atoms with Gasteiger partial charge in [-0.3, -0.25) is 14.0 Å². The molecule has 0 aliphatic carbocycles. The van der Waals surface area contributed by atoms with Gasteiger partial charge in [-0.2, -0.15) is 23.3 Å². The van der Waals surface area contributed by atoms with Gasteiger partial charge in [-0.25, -0.2) is 9.97 Å². The number of amides is 1. The number of hydrogen-bond donors (Lipinski definition) is 5. The van der Waals surface area contributed by atoms with E-state index in [0.29, 0.717) is 61.1 Å². The highest BCUT2D eigenvalue weighted by molar-refractivity contribution is 7.37. The first-order chi connectivity index (χ1) is 22.0. The van der Waals surface area contributed by atoms with Crippen molar-refractivity contribution >= 4 is 37.1 Å². The number of benzene rings is 1. The molecule has 1 unspecified atom stereocenters. The van der Waals surface area contributed by atoms with E-state index in [1.807, 2.05) is 0 Å². The summed E-state index contributed by atoms with van der Waals surface area (Å²) in [5, 5.41) is 21.2. The number of ether oxygens (including phenoxy) is 1. The van der Waals surface area contributed by atoms with Gasteiger partial charge in [0, 0.05) is 44.3 Å². The lowest BCUT2D eigenvalue weighted by Gasteiger charge is -2.17. The molecule has 46 heavy (non-hydrogen) atoms. The quantitative estimate of drug-likeness (QED) is 0.0875. The summed E-state index contributed by atoms with van der Waals surface area (Å²) in [6.45, 7) is 0.461. The molecule has 1 amide bonds. The maximum atomic E-state index is 14.0. The third-order valence-electron chi connectivity index (χ3n) is 6.78. The number of nitrogens with zero attached hydrogens (tertiary/aromatic N) is 5. The van der Waals surface area contributed by atoms with Crippen molar-refractivity contribution in [2.45, 2.75) is 38.4 Å². The number of aromatic nitrogens is 5. The van der Waals surface area contributed by atoms with E-state index in [9.17, 15) is 22.5 Å². The van der Waals surface area contributed by atoms with Gasteiger partial charge in [0.1, 0.15) is 17.1 Å². The second-order valence-electron chi connectivity index (χ2n) is 10.1. The topological polar surface area (TPSA) is 176 Å². The number of pyridine rings is 1. The molecule has 1 atom stereocenters. The van der Waals surface area contributed by atoms with Crippen LogP contribution in [0.15, 0.2) is 48.9 Å². The number of methoxy groups -OCH3 is 1. The number of nitrogens with one attached hydrogen (secondary N) is 3. The predicted molar refractivity (Wildman–Crippen MR) is 166 cm³/mol. The first-order valence-corrected chi connectivity index (χ1v) is 15.8. The fraction of sp³-hybridized carbons (Fsp3) is 0.345. The largest absolute Gasteiger partial charge is 0.495 e. The van der Waals surface area contributed by atoms with E-state index in [4.69, 9.17) is 14.7 Å². The minimum absolute atomic E-state index is 0.00643. The second-order valence-corrected chi connectivity index (χ2v) is 11.4. The highest BCUT2D eigenvalue weighted by Crippen LogP contribution is 2.37. The third-order valence-corrected chi connectivity index (χ3v) is 7.56. The molecular weight excluding hydrogens is 628 g/mol. The Morgan fingerprint density at radius 2 is 1.85 bits per heavy atom. The molecule has 17 heteroatoms. The molecule has 0 fully saturated rings. The minimum atomic E-state index is -4.83. The van der Waals surface area contributed by atoms with E-state index < -0.39 is 31.5 Å². The summed E-state index contributed by atoms with van der Waals surface area (Å²) in [6.07, 6.45) is 1.72. The summed E-state index contributed by atoms with van der Waals surface area (Å²) in [6, 6.07) is 8.19. The van der Waals surface area contributed by atoms with Crippen molar-refractivity contribution in [2.75, 3.05) is 37.6 Å². The Kier molecular flexibility index (Phi) is 11.7. The molecule has 0 saturated carbocycles. The predicted octanol–water partition coefficient (Wildman–Crippen LogP) is 4.78. The molecule has 5 N–H and O–H groups in total. The highest BCUT2D eigenvalue weighted by atomic mass is 31.1. The third kappa shape index (κ3) is 9.02. The summed E-state index contributed by atoms with van der Waals surface area (Å²) in [5.41, 5.74) is 0.872. The number of hydrogen-bond acceptors (Lipinski definition) is 10. The smallest absolute Gasteiger partial charge is 0.421 e. The average Bonchev–Trinajstić information content (AvgIpc) is 3.51. The van der Waals surface area contributed by atoms with E-state index >= 15 is 0 Å². The van der Waals surface area contributed by atoms with Crippen LogP contribution in [0.5, 0.6) is 5.75 Å². The molecule has 1 aromatic carbocycles. The van der Waals surface area contributed by atoms with Crippen molar-refractivity contribution in [3.05, 3.63) is 65.7 Å². The summed E-state index contributed by atoms with van der Waals surface area (Å²) in [5.74, 6) is -1.03. The molecular formula is C29H34F3N8O5P. The number of aliphatic hydroxyl groups is 1. The Labute approximate surface area is 263 Å². The number of anilines is 4. The van der Waals surface area contributed by atoms with Crippen molar-refractivity contribution in [2.24, 2.45) is 0 Å². The summed E-state index contributed by atoms with van der Waals surface area (Å²) in [7, 11) is 0.309. The molecule has 0 saturated heterocycles. The Morgan fingerprint density at radius 3 is 2.54 bits per heavy atom. The lowest BCUT2D eigenvalue weighted by Crippen LogP contribution is -2.21. The summed E-state index contributed by atoms with van der Waals surface area (Å²) < 4.78 is 60.1. The Hall–Kier alpha value is -4.53. The van der Waals surface area contributed by atoms with Gasteiger partial charge < -0.3 is 30.7 Å². The number of alkyl halides is 3. The average molecular weight is 663 g/mol. The standard InChI is InChI=1S/C29H34F3N8O5P/c1-33-27(42)25-23(10-9-21(36-25)19-15-35-40(17-19)11-5-12-41)37-26-20(29(30,31)32)16-34-28(39-26)38-22-8-7-18(14-24(22)45-2)6-3-4-13-46(43)44/h7-10,14-17,41,46H,3-6,11-13H2,1-2H3,(H,33,42)(H,43,44)(H2,34,37,38,39). The lowest BCUT2D eigenvalue weighted by molar-refractivity contribution is -0.137. The molecule has 0 spiro atoms. The highest BCUT2D eigenvalue weighted by Gasteiger charge is 2.36. The first kappa shape index (κ1) is 34.3. The van der Waals surface area contributed by atoms with E-state index in [1.54, 1.807) is 29.1 Å². The van der Waals surface area contributed by atoms with Crippen LogP contribution >= 0.6 is 8.03 Å². The second kappa shape index (κ2) is 15.7. The maximum absolute atomic E-state index is 14.0. The number of carbonyl (C=O) groups excluding carboxylic acids is 1. The van der Waals surface area contributed by atoms with Crippen LogP contribution in [-0.2, 0) is 23.7 Å². The van der Waals surface area contributed by atoms with Gasteiger partial charge in [-0.15, -0.1) is 0 Å². The van der Waals surface area contributed by atoms with Crippen LogP contribution in [0, 0.1) is 0 Å². The number of rotatable bonds is 15. The summed E-state index contributed by atoms with van der Waals surface area (Å²) in [4.78, 5) is 34.1. The Balaban J connectivity index is 1.63. The van der Waals surface area contributed by atoms with Gasteiger partial charge in [0.15, 0.2) is 13.7 Å². The lowest BCUT2D eigenvalue weighted by atomic mass is 10.1. The Bertz CT molecular complexity index is 1690. The van der Waals surface area contributed by atoms with E-state index in [1.165, 1.54) is 32.5 Å². The van der Waals surface area contributed by atoms with Gasteiger partial charge in [0.2, 0.25) is 5.95 Å². The van der Waals surface area contributed by atoms with Gasteiger partial charge in [0.25, 0.3) is 5.91 Å². The van der Waals surface area contributed by atoms with Gasteiger partial charge in [0.05, 0.1) is 30.4 Å². The molecule has 246 valence electrons. The van der Waals surface area contributed by atoms with Crippen LogP contribution in [0.3, 0.4) is 0 Å².